The van der Waals surface area contributed by atoms with E-state index in [1.54, 1.807) is 23.7 Å². The van der Waals surface area contributed by atoms with Gasteiger partial charge in [-0.05, 0) is 20.8 Å². The molecule has 0 spiro atoms. The molecule has 7 nitrogen and oxygen atoms in total. The zero-order valence-corrected chi connectivity index (χ0v) is 12.0. The summed E-state index contributed by atoms with van der Waals surface area (Å²) in [5.41, 5.74) is 7.59. The van der Waals surface area contributed by atoms with Crippen LogP contribution in [0.2, 0.25) is 0 Å². The van der Waals surface area contributed by atoms with E-state index in [1.165, 1.54) is 0 Å². The number of amidine groups is 1. The first kappa shape index (κ1) is 15.0. The maximum absolute atomic E-state index is 12.4. The van der Waals surface area contributed by atoms with Gasteiger partial charge in [-0.25, -0.2) is 0 Å². The SMILES string of the molecule is Cc1nn(C)c(C)c1C(=O)N(C)C(C)CC(N)=NO. The first-order valence-corrected chi connectivity index (χ1v) is 6.03. The van der Waals surface area contributed by atoms with E-state index in [0.717, 1.165) is 5.69 Å². The van der Waals surface area contributed by atoms with Gasteiger partial charge in [-0.1, -0.05) is 5.16 Å². The minimum absolute atomic E-state index is 0.104. The number of rotatable bonds is 4. The molecular weight excluding hydrogens is 246 g/mol. The Morgan fingerprint density at radius 3 is 2.58 bits per heavy atom. The number of hydrogen-bond acceptors (Lipinski definition) is 4. The van der Waals surface area contributed by atoms with Crippen molar-refractivity contribution in [2.24, 2.45) is 17.9 Å². The van der Waals surface area contributed by atoms with E-state index < -0.39 is 0 Å². The van der Waals surface area contributed by atoms with Crippen molar-refractivity contribution in [3.8, 4) is 0 Å². The molecule has 1 rings (SSSR count). The predicted molar refractivity (Wildman–Crippen MR) is 72.3 cm³/mol. The molecule has 1 aromatic rings. The third kappa shape index (κ3) is 3.04. The van der Waals surface area contributed by atoms with Crippen molar-refractivity contribution in [2.45, 2.75) is 33.2 Å². The molecule has 1 aromatic heterocycles. The zero-order chi connectivity index (χ0) is 14.7. The van der Waals surface area contributed by atoms with Crippen LogP contribution in [-0.2, 0) is 7.05 Å². The highest BCUT2D eigenvalue weighted by atomic mass is 16.4. The first-order valence-electron chi connectivity index (χ1n) is 6.03. The average Bonchev–Trinajstić information content (AvgIpc) is 2.61. The lowest BCUT2D eigenvalue weighted by atomic mass is 10.1. The Morgan fingerprint density at radius 1 is 1.58 bits per heavy atom. The molecule has 1 unspecified atom stereocenters. The van der Waals surface area contributed by atoms with Crippen molar-refractivity contribution in [2.75, 3.05) is 7.05 Å². The van der Waals surface area contributed by atoms with E-state index in [0.29, 0.717) is 17.7 Å². The molecule has 0 radical (unpaired) electrons. The number of carbonyl (C=O) groups is 1. The molecule has 0 fully saturated rings. The summed E-state index contributed by atoms with van der Waals surface area (Å²) >= 11 is 0. The van der Waals surface area contributed by atoms with Crippen LogP contribution in [0, 0.1) is 13.8 Å². The summed E-state index contributed by atoms with van der Waals surface area (Å²) in [5.74, 6) is -0.00637. The van der Waals surface area contributed by atoms with Crippen molar-refractivity contribution in [3.05, 3.63) is 17.0 Å². The molecule has 0 aliphatic heterocycles. The van der Waals surface area contributed by atoms with Crippen LogP contribution in [0.5, 0.6) is 0 Å². The molecule has 0 aliphatic rings. The summed E-state index contributed by atoms with van der Waals surface area (Å²) in [6.45, 7) is 5.51. The van der Waals surface area contributed by atoms with Crippen LogP contribution in [0.15, 0.2) is 5.16 Å². The van der Waals surface area contributed by atoms with Gasteiger partial charge in [-0.15, -0.1) is 0 Å². The Labute approximate surface area is 112 Å². The molecule has 1 amide bonds. The highest BCUT2D eigenvalue weighted by Crippen LogP contribution is 2.16. The van der Waals surface area contributed by atoms with Gasteiger partial charge >= 0.3 is 0 Å². The maximum atomic E-state index is 12.4. The smallest absolute Gasteiger partial charge is 0.257 e. The minimum Gasteiger partial charge on any atom is -0.409 e. The number of carbonyl (C=O) groups excluding carboxylic acids is 1. The van der Waals surface area contributed by atoms with Crippen molar-refractivity contribution in [3.63, 3.8) is 0 Å². The Morgan fingerprint density at radius 2 is 2.16 bits per heavy atom. The van der Waals surface area contributed by atoms with Gasteiger partial charge < -0.3 is 15.8 Å². The van der Waals surface area contributed by atoms with Crippen LogP contribution in [0.3, 0.4) is 0 Å². The lowest BCUT2D eigenvalue weighted by Crippen LogP contribution is -2.38. The topological polar surface area (TPSA) is 96.7 Å². The van der Waals surface area contributed by atoms with E-state index in [4.69, 9.17) is 10.9 Å². The number of aromatic nitrogens is 2. The van der Waals surface area contributed by atoms with Gasteiger partial charge in [0.2, 0.25) is 0 Å². The third-order valence-corrected chi connectivity index (χ3v) is 3.34. The van der Waals surface area contributed by atoms with Gasteiger partial charge in [0.05, 0.1) is 11.3 Å². The molecule has 106 valence electrons. The van der Waals surface area contributed by atoms with Crippen LogP contribution in [0.4, 0.5) is 0 Å². The fourth-order valence-corrected chi connectivity index (χ4v) is 1.94. The third-order valence-electron chi connectivity index (χ3n) is 3.34. The monoisotopic (exact) mass is 267 g/mol. The zero-order valence-electron chi connectivity index (χ0n) is 12.0. The summed E-state index contributed by atoms with van der Waals surface area (Å²) in [6, 6.07) is -0.164. The van der Waals surface area contributed by atoms with Crippen molar-refractivity contribution in [1.29, 1.82) is 0 Å². The average molecular weight is 267 g/mol. The number of amides is 1. The van der Waals surface area contributed by atoms with Gasteiger partial charge in [0, 0.05) is 32.3 Å². The largest absolute Gasteiger partial charge is 0.409 e. The molecule has 19 heavy (non-hydrogen) atoms. The number of hydrogen-bond donors (Lipinski definition) is 2. The van der Waals surface area contributed by atoms with Gasteiger partial charge in [0.15, 0.2) is 0 Å². The quantitative estimate of drug-likeness (QED) is 0.362. The number of nitrogens with two attached hydrogens (primary N) is 1. The first-order chi connectivity index (χ1) is 8.79. The van der Waals surface area contributed by atoms with Gasteiger partial charge in [-0.3, -0.25) is 9.48 Å². The van der Waals surface area contributed by atoms with Crippen LogP contribution < -0.4 is 5.73 Å². The number of oxime groups is 1. The molecule has 0 bridgehead atoms. The van der Waals surface area contributed by atoms with E-state index in [9.17, 15) is 4.79 Å². The maximum Gasteiger partial charge on any atom is 0.257 e. The fourth-order valence-electron chi connectivity index (χ4n) is 1.94. The molecule has 1 atom stereocenters. The Bertz CT molecular complexity index is 506. The molecule has 7 heteroatoms. The molecule has 3 N–H and O–H groups in total. The van der Waals surface area contributed by atoms with Crippen molar-refractivity contribution < 1.29 is 10.0 Å². The fraction of sp³-hybridized carbons (Fsp3) is 0.583. The summed E-state index contributed by atoms with van der Waals surface area (Å²) in [4.78, 5) is 14.0. The van der Waals surface area contributed by atoms with Crippen LogP contribution >= 0.6 is 0 Å². The van der Waals surface area contributed by atoms with E-state index in [1.807, 2.05) is 20.8 Å². The second-order valence-corrected chi connectivity index (χ2v) is 4.73. The Hall–Kier alpha value is -2.05. The van der Waals surface area contributed by atoms with Crippen LogP contribution in [0.25, 0.3) is 0 Å². The summed E-state index contributed by atoms with van der Waals surface area (Å²) < 4.78 is 1.69. The van der Waals surface area contributed by atoms with Gasteiger partial charge in [0.25, 0.3) is 5.91 Å². The summed E-state index contributed by atoms with van der Waals surface area (Å²) in [5, 5.41) is 15.7. The molecule has 0 aliphatic carbocycles. The van der Waals surface area contributed by atoms with Crippen molar-refractivity contribution in [1.82, 2.24) is 14.7 Å². The second-order valence-electron chi connectivity index (χ2n) is 4.73. The van der Waals surface area contributed by atoms with Crippen molar-refractivity contribution >= 4 is 11.7 Å². The second kappa shape index (κ2) is 5.73. The molecule has 0 saturated carbocycles. The number of aryl methyl sites for hydroxylation is 2. The molecular formula is C12H21N5O2. The summed E-state index contributed by atoms with van der Waals surface area (Å²) in [6.07, 6.45) is 0.317. The minimum atomic E-state index is -0.164. The van der Waals surface area contributed by atoms with E-state index in [-0.39, 0.29) is 17.8 Å². The Balaban J connectivity index is 2.94. The normalized spacial score (nSPS) is 13.4. The van der Waals surface area contributed by atoms with Gasteiger partial charge in [0.1, 0.15) is 5.84 Å². The highest BCUT2D eigenvalue weighted by Gasteiger charge is 2.24. The highest BCUT2D eigenvalue weighted by molar-refractivity contribution is 5.96. The van der Waals surface area contributed by atoms with Crippen LogP contribution in [0.1, 0.15) is 35.1 Å². The predicted octanol–water partition coefficient (Wildman–Crippen LogP) is 0.634. The lowest BCUT2D eigenvalue weighted by Gasteiger charge is -2.24. The standard InChI is InChI=1S/C12H21N5O2/c1-7(6-10(13)15-19)16(4)12(18)11-8(2)14-17(5)9(11)3/h7,19H,6H2,1-5H3,(H2,13,15). The lowest BCUT2D eigenvalue weighted by molar-refractivity contribution is 0.0745. The van der Waals surface area contributed by atoms with E-state index >= 15 is 0 Å². The molecule has 1 heterocycles. The van der Waals surface area contributed by atoms with Crippen LogP contribution in [-0.4, -0.2) is 44.7 Å². The van der Waals surface area contributed by atoms with E-state index in [2.05, 4.69) is 10.3 Å². The van der Waals surface area contributed by atoms with Gasteiger partial charge in [-0.2, -0.15) is 5.10 Å². The summed E-state index contributed by atoms with van der Waals surface area (Å²) in [7, 11) is 3.50. The molecule has 0 saturated heterocycles. The Kier molecular flexibility index (Phi) is 4.52. The molecule has 0 aromatic carbocycles. The number of nitrogens with zero attached hydrogens (tertiary/aromatic N) is 4.